The van der Waals surface area contributed by atoms with Crippen LogP contribution in [0.1, 0.15) is 6.92 Å². The number of amides is 1. The van der Waals surface area contributed by atoms with Crippen molar-refractivity contribution in [3.63, 3.8) is 0 Å². The highest BCUT2D eigenvalue weighted by Crippen LogP contribution is 2.24. The molecule has 112 valence electrons. The number of carbonyl (C=O) groups excluding carboxylic acids is 2. The summed E-state index contributed by atoms with van der Waals surface area (Å²) in [6.07, 6.45) is -0.481. The molecule has 0 unspecified atom stereocenters. The quantitative estimate of drug-likeness (QED) is 0.810. The molecule has 0 aliphatic rings. The van der Waals surface area contributed by atoms with Gasteiger partial charge in [0.25, 0.3) is 0 Å². The first-order valence-corrected chi connectivity index (χ1v) is 7.50. The fraction of sp³-hybridized carbons (Fsp3) is 0.357. The Morgan fingerprint density at radius 3 is 2.71 bits per heavy atom. The van der Waals surface area contributed by atoms with Crippen LogP contribution in [-0.2, 0) is 9.53 Å². The van der Waals surface area contributed by atoms with E-state index in [0.29, 0.717) is 16.2 Å². The lowest BCUT2D eigenvalue weighted by molar-refractivity contribution is -0.125. The predicted molar refractivity (Wildman–Crippen MR) is 81.6 cm³/mol. The number of carbonyl (C=O) groups is 2. The monoisotopic (exact) mass is 307 g/mol. The Balaban J connectivity index is 2.35. The fourth-order valence-electron chi connectivity index (χ4n) is 1.72. The lowest BCUT2D eigenvalue weighted by Crippen LogP contribution is -2.24. The molecule has 0 radical (unpaired) electrons. The van der Waals surface area contributed by atoms with E-state index in [1.54, 1.807) is 27.1 Å². The van der Waals surface area contributed by atoms with Gasteiger partial charge >= 0.3 is 6.09 Å². The molecule has 1 aromatic carbocycles. The summed E-state index contributed by atoms with van der Waals surface area (Å²) in [6.45, 7) is 2.03. The Bertz CT molecular complexity index is 667. The maximum Gasteiger partial charge on any atom is 0.420 e. The van der Waals surface area contributed by atoms with Crippen LogP contribution in [-0.4, -0.2) is 52.9 Å². The summed E-state index contributed by atoms with van der Waals surface area (Å²) in [4.78, 5) is 29.7. The maximum absolute atomic E-state index is 12.1. The van der Waals surface area contributed by atoms with Gasteiger partial charge in [-0.15, -0.1) is 0 Å². The molecule has 0 bridgehead atoms. The van der Waals surface area contributed by atoms with Crippen molar-refractivity contribution in [2.24, 2.45) is 0 Å². The van der Waals surface area contributed by atoms with Crippen LogP contribution in [0.2, 0.25) is 0 Å². The highest BCUT2D eigenvalue weighted by molar-refractivity contribution is 7.99. The van der Waals surface area contributed by atoms with E-state index in [1.165, 1.54) is 21.2 Å². The first-order chi connectivity index (χ1) is 10.0. The first kappa shape index (κ1) is 15.4. The van der Waals surface area contributed by atoms with Gasteiger partial charge in [-0.05, 0) is 19.1 Å². The molecular weight excluding hydrogens is 290 g/mol. The van der Waals surface area contributed by atoms with Crippen molar-refractivity contribution in [3.8, 4) is 0 Å². The molecule has 1 heterocycles. The molecule has 6 nitrogen and oxygen atoms in total. The molecule has 0 aliphatic heterocycles. The van der Waals surface area contributed by atoms with E-state index >= 15 is 0 Å². The summed E-state index contributed by atoms with van der Waals surface area (Å²) in [5.41, 5.74) is 1.38. The molecule has 2 rings (SSSR count). The Morgan fingerprint density at radius 2 is 2.05 bits per heavy atom. The second-order valence-corrected chi connectivity index (χ2v) is 5.44. The molecule has 0 aliphatic carbocycles. The van der Waals surface area contributed by atoms with Crippen molar-refractivity contribution in [1.82, 2.24) is 14.5 Å². The first-order valence-electron chi connectivity index (χ1n) is 6.52. The minimum absolute atomic E-state index is 0.0394. The minimum atomic E-state index is -0.481. The molecule has 0 atom stereocenters. The number of thioether (sulfide) groups is 1. The van der Waals surface area contributed by atoms with Crippen LogP contribution in [0.25, 0.3) is 11.0 Å². The highest BCUT2D eigenvalue weighted by atomic mass is 32.2. The SMILES string of the molecule is CCOC(=O)n1c(SCC(=O)N(C)C)nc2ccccc21. The summed E-state index contributed by atoms with van der Waals surface area (Å²) >= 11 is 1.22. The van der Waals surface area contributed by atoms with E-state index in [-0.39, 0.29) is 18.3 Å². The molecule has 2 aromatic rings. The predicted octanol–water partition coefficient (Wildman–Crippen LogP) is 2.22. The van der Waals surface area contributed by atoms with Crippen molar-refractivity contribution in [1.29, 1.82) is 0 Å². The molecular formula is C14H17N3O3S. The molecule has 0 saturated carbocycles. The van der Waals surface area contributed by atoms with Crippen LogP contribution >= 0.6 is 11.8 Å². The lowest BCUT2D eigenvalue weighted by atomic mass is 10.3. The summed E-state index contributed by atoms with van der Waals surface area (Å²) in [6, 6.07) is 7.31. The average molecular weight is 307 g/mol. The number of imidazole rings is 1. The van der Waals surface area contributed by atoms with Crippen molar-refractivity contribution < 1.29 is 14.3 Å². The van der Waals surface area contributed by atoms with Gasteiger partial charge in [0.2, 0.25) is 5.91 Å². The van der Waals surface area contributed by atoms with Crippen LogP contribution in [0, 0.1) is 0 Å². The number of para-hydroxylation sites is 2. The number of rotatable bonds is 4. The molecule has 7 heteroatoms. The number of fused-ring (bicyclic) bond motifs is 1. The molecule has 1 amide bonds. The van der Waals surface area contributed by atoms with Crippen molar-refractivity contribution in [3.05, 3.63) is 24.3 Å². The van der Waals surface area contributed by atoms with Gasteiger partial charge in [-0.1, -0.05) is 23.9 Å². The standard InChI is InChI=1S/C14H17N3O3S/c1-4-20-14(19)17-11-8-6-5-7-10(11)15-13(17)21-9-12(18)16(2)3/h5-8H,4,9H2,1-3H3. The number of ether oxygens (including phenoxy) is 1. The van der Waals surface area contributed by atoms with Crippen molar-refractivity contribution >= 4 is 34.8 Å². The van der Waals surface area contributed by atoms with Crippen molar-refractivity contribution in [2.45, 2.75) is 12.1 Å². The number of benzene rings is 1. The van der Waals surface area contributed by atoms with E-state index in [2.05, 4.69) is 4.98 Å². The second kappa shape index (κ2) is 6.62. The van der Waals surface area contributed by atoms with Gasteiger partial charge in [0.15, 0.2) is 5.16 Å². The zero-order valence-corrected chi connectivity index (χ0v) is 13.0. The van der Waals surface area contributed by atoms with Crippen molar-refractivity contribution in [2.75, 3.05) is 26.5 Å². The Morgan fingerprint density at radius 1 is 1.33 bits per heavy atom. The molecule has 0 saturated heterocycles. The average Bonchev–Trinajstić information content (AvgIpc) is 2.83. The van der Waals surface area contributed by atoms with Gasteiger partial charge in [-0.25, -0.2) is 14.3 Å². The van der Waals surface area contributed by atoms with E-state index < -0.39 is 6.09 Å². The topological polar surface area (TPSA) is 64.4 Å². The number of aromatic nitrogens is 2. The lowest BCUT2D eigenvalue weighted by Gasteiger charge is -2.10. The van der Waals surface area contributed by atoms with Crippen LogP contribution < -0.4 is 0 Å². The normalized spacial score (nSPS) is 10.6. The Hall–Kier alpha value is -2.02. The molecule has 21 heavy (non-hydrogen) atoms. The van der Waals surface area contributed by atoms with Crippen LogP contribution in [0.15, 0.2) is 29.4 Å². The minimum Gasteiger partial charge on any atom is -0.449 e. The zero-order valence-electron chi connectivity index (χ0n) is 12.2. The number of hydrogen-bond acceptors (Lipinski definition) is 5. The van der Waals surface area contributed by atoms with Gasteiger partial charge in [0, 0.05) is 14.1 Å². The Labute approximate surface area is 127 Å². The second-order valence-electron chi connectivity index (χ2n) is 4.49. The molecule has 1 aromatic heterocycles. The van der Waals surface area contributed by atoms with Crippen LogP contribution in [0.4, 0.5) is 4.79 Å². The van der Waals surface area contributed by atoms with E-state index in [1.807, 2.05) is 18.2 Å². The summed E-state index contributed by atoms with van der Waals surface area (Å²) in [7, 11) is 3.38. The summed E-state index contributed by atoms with van der Waals surface area (Å²) < 4.78 is 6.47. The maximum atomic E-state index is 12.1. The zero-order chi connectivity index (χ0) is 15.4. The fourth-order valence-corrected chi connectivity index (χ4v) is 2.70. The molecule has 0 N–H and O–H groups in total. The largest absolute Gasteiger partial charge is 0.449 e. The smallest absolute Gasteiger partial charge is 0.420 e. The van der Waals surface area contributed by atoms with E-state index in [0.717, 1.165) is 0 Å². The van der Waals surface area contributed by atoms with E-state index in [9.17, 15) is 9.59 Å². The third kappa shape index (κ3) is 3.36. The number of nitrogens with zero attached hydrogens (tertiary/aromatic N) is 3. The van der Waals surface area contributed by atoms with Gasteiger partial charge in [0.05, 0.1) is 23.4 Å². The summed E-state index contributed by atoms with van der Waals surface area (Å²) in [5, 5.41) is 0.463. The third-order valence-electron chi connectivity index (χ3n) is 2.80. The molecule has 0 fully saturated rings. The van der Waals surface area contributed by atoms with E-state index in [4.69, 9.17) is 4.74 Å². The van der Waals surface area contributed by atoms with Gasteiger partial charge < -0.3 is 9.64 Å². The van der Waals surface area contributed by atoms with Gasteiger partial charge in [0.1, 0.15) is 0 Å². The Kier molecular flexibility index (Phi) is 4.85. The number of hydrogen-bond donors (Lipinski definition) is 0. The highest BCUT2D eigenvalue weighted by Gasteiger charge is 2.19. The van der Waals surface area contributed by atoms with Crippen LogP contribution in [0.3, 0.4) is 0 Å². The summed E-state index contributed by atoms with van der Waals surface area (Å²) in [5.74, 6) is 0.179. The van der Waals surface area contributed by atoms with Crippen LogP contribution in [0.5, 0.6) is 0 Å². The third-order valence-corrected chi connectivity index (χ3v) is 3.73. The van der Waals surface area contributed by atoms with Gasteiger partial charge in [-0.3, -0.25) is 4.79 Å². The van der Waals surface area contributed by atoms with Gasteiger partial charge in [-0.2, -0.15) is 0 Å². The molecule has 0 spiro atoms.